The fourth-order valence-corrected chi connectivity index (χ4v) is 2.50. The molecular weight excluding hydrogens is 266 g/mol. The number of hydrogen-bond donors (Lipinski definition) is 1. The Kier molecular flexibility index (Phi) is 3.75. The molecule has 0 unspecified atom stereocenters. The quantitative estimate of drug-likeness (QED) is 0.917. The molecule has 1 saturated carbocycles. The molecule has 0 bridgehead atoms. The monoisotopic (exact) mass is 283 g/mol. The third kappa shape index (κ3) is 3.09. The van der Waals surface area contributed by atoms with Crippen LogP contribution in [0.15, 0.2) is 11.0 Å². The first-order valence-electron chi connectivity index (χ1n) is 6.84. The third-order valence-electron chi connectivity index (χ3n) is 3.70. The Morgan fingerprint density at radius 1 is 1.37 bits per heavy atom. The summed E-state index contributed by atoms with van der Waals surface area (Å²) in [6, 6.07) is 0.260. The van der Waals surface area contributed by atoms with Crippen LogP contribution in [0, 0.1) is 5.92 Å². The Balaban J connectivity index is 1.79. The zero-order chi connectivity index (χ0) is 13.2. The number of halogens is 1. The van der Waals surface area contributed by atoms with Crippen LogP contribution in [0.1, 0.15) is 25.7 Å². The molecule has 5 nitrogen and oxygen atoms in total. The van der Waals surface area contributed by atoms with Crippen LogP contribution < -0.4 is 10.9 Å². The molecule has 1 aliphatic carbocycles. The van der Waals surface area contributed by atoms with Crippen molar-refractivity contribution in [2.45, 2.75) is 38.3 Å². The van der Waals surface area contributed by atoms with Crippen molar-refractivity contribution in [1.29, 1.82) is 0 Å². The largest absolute Gasteiger partial charge is 0.381 e. The average Bonchev–Trinajstić information content (AvgIpc) is 3.23. The Labute approximate surface area is 116 Å². The summed E-state index contributed by atoms with van der Waals surface area (Å²) in [6.45, 7) is 2.17. The van der Waals surface area contributed by atoms with E-state index in [1.54, 1.807) is 6.20 Å². The Hall–Kier alpha value is -1.07. The fraction of sp³-hybridized carbons (Fsp3) is 0.692. The standard InChI is InChI=1S/C13H18ClN3O2/c14-11-7-15-17(8-9-1-2-9)13(18)12(11)16-10-3-5-19-6-4-10/h7,9-10,16H,1-6,8H2. The molecule has 0 amide bonds. The van der Waals surface area contributed by atoms with Gasteiger partial charge in [-0.05, 0) is 31.6 Å². The summed E-state index contributed by atoms with van der Waals surface area (Å²) in [5.74, 6) is 0.613. The predicted molar refractivity (Wildman–Crippen MR) is 73.7 cm³/mol. The molecule has 1 aliphatic heterocycles. The van der Waals surface area contributed by atoms with E-state index in [2.05, 4.69) is 10.4 Å². The smallest absolute Gasteiger partial charge is 0.291 e. The first kappa shape index (κ1) is 12.9. The highest BCUT2D eigenvalue weighted by Gasteiger charge is 2.24. The molecule has 0 radical (unpaired) electrons. The number of aromatic nitrogens is 2. The molecule has 2 fully saturated rings. The van der Waals surface area contributed by atoms with Crippen molar-refractivity contribution in [2.24, 2.45) is 5.92 Å². The van der Waals surface area contributed by atoms with Crippen molar-refractivity contribution in [1.82, 2.24) is 9.78 Å². The van der Waals surface area contributed by atoms with Gasteiger partial charge < -0.3 is 10.1 Å². The topological polar surface area (TPSA) is 56.1 Å². The van der Waals surface area contributed by atoms with E-state index in [1.165, 1.54) is 17.5 Å². The summed E-state index contributed by atoms with van der Waals surface area (Å²) in [5, 5.41) is 7.79. The van der Waals surface area contributed by atoms with Crippen LogP contribution in [-0.2, 0) is 11.3 Å². The lowest BCUT2D eigenvalue weighted by atomic mass is 10.1. The molecule has 1 aromatic rings. The molecule has 0 atom stereocenters. The van der Waals surface area contributed by atoms with Crippen molar-refractivity contribution < 1.29 is 4.74 Å². The molecule has 19 heavy (non-hydrogen) atoms. The molecule has 0 aromatic carbocycles. The van der Waals surface area contributed by atoms with E-state index in [0.717, 1.165) is 26.1 Å². The van der Waals surface area contributed by atoms with Crippen LogP contribution in [-0.4, -0.2) is 29.0 Å². The van der Waals surface area contributed by atoms with E-state index < -0.39 is 0 Å². The Bertz CT molecular complexity index is 507. The summed E-state index contributed by atoms with van der Waals surface area (Å²) in [5.41, 5.74) is 0.384. The Morgan fingerprint density at radius 2 is 2.11 bits per heavy atom. The lowest BCUT2D eigenvalue weighted by Gasteiger charge is -2.24. The minimum absolute atomic E-state index is 0.106. The van der Waals surface area contributed by atoms with Crippen LogP contribution >= 0.6 is 11.6 Å². The number of anilines is 1. The van der Waals surface area contributed by atoms with Gasteiger partial charge >= 0.3 is 0 Å². The number of nitrogens with one attached hydrogen (secondary N) is 1. The first-order valence-corrected chi connectivity index (χ1v) is 7.22. The lowest BCUT2D eigenvalue weighted by molar-refractivity contribution is 0.0904. The molecule has 2 heterocycles. The second-order valence-corrected chi connectivity index (χ2v) is 5.74. The van der Waals surface area contributed by atoms with Gasteiger partial charge in [-0.3, -0.25) is 4.79 Å². The van der Waals surface area contributed by atoms with Crippen molar-refractivity contribution in [2.75, 3.05) is 18.5 Å². The molecule has 104 valence electrons. The predicted octanol–water partition coefficient (Wildman–Crippen LogP) is 1.90. The van der Waals surface area contributed by atoms with Crippen molar-refractivity contribution >= 4 is 17.3 Å². The van der Waals surface area contributed by atoms with Gasteiger partial charge in [-0.15, -0.1) is 0 Å². The maximum atomic E-state index is 12.3. The summed E-state index contributed by atoms with van der Waals surface area (Å²) in [7, 11) is 0. The van der Waals surface area contributed by atoms with E-state index >= 15 is 0 Å². The number of hydrogen-bond acceptors (Lipinski definition) is 4. The minimum Gasteiger partial charge on any atom is -0.381 e. The second kappa shape index (κ2) is 5.51. The molecular formula is C13H18ClN3O2. The molecule has 1 N–H and O–H groups in total. The summed E-state index contributed by atoms with van der Waals surface area (Å²) in [4.78, 5) is 12.3. The maximum Gasteiger partial charge on any atom is 0.291 e. The van der Waals surface area contributed by atoms with Gasteiger partial charge in [-0.2, -0.15) is 5.10 Å². The van der Waals surface area contributed by atoms with Gasteiger partial charge in [0.05, 0.1) is 11.2 Å². The highest BCUT2D eigenvalue weighted by atomic mass is 35.5. The van der Waals surface area contributed by atoms with E-state index in [1.807, 2.05) is 0 Å². The highest BCUT2D eigenvalue weighted by Crippen LogP contribution is 2.30. The van der Waals surface area contributed by atoms with Gasteiger partial charge in [-0.1, -0.05) is 11.6 Å². The highest BCUT2D eigenvalue weighted by molar-refractivity contribution is 6.33. The zero-order valence-corrected chi connectivity index (χ0v) is 11.5. The van der Waals surface area contributed by atoms with Crippen molar-refractivity contribution in [3.8, 4) is 0 Å². The van der Waals surface area contributed by atoms with Crippen molar-refractivity contribution in [3.63, 3.8) is 0 Å². The van der Waals surface area contributed by atoms with E-state index in [-0.39, 0.29) is 11.6 Å². The van der Waals surface area contributed by atoms with E-state index in [4.69, 9.17) is 16.3 Å². The zero-order valence-electron chi connectivity index (χ0n) is 10.8. The maximum absolute atomic E-state index is 12.3. The van der Waals surface area contributed by atoms with Gasteiger partial charge in [0.25, 0.3) is 5.56 Å². The van der Waals surface area contributed by atoms with Crippen LogP contribution in [0.3, 0.4) is 0 Å². The van der Waals surface area contributed by atoms with Gasteiger partial charge in [0, 0.05) is 25.8 Å². The molecule has 3 rings (SSSR count). The lowest BCUT2D eigenvalue weighted by Crippen LogP contribution is -2.33. The molecule has 2 aliphatic rings. The van der Waals surface area contributed by atoms with E-state index in [0.29, 0.717) is 23.2 Å². The van der Waals surface area contributed by atoms with E-state index in [9.17, 15) is 4.79 Å². The van der Waals surface area contributed by atoms with Crippen LogP contribution in [0.5, 0.6) is 0 Å². The van der Waals surface area contributed by atoms with Gasteiger partial charge in [-0.25, -0.2) is 4.68 Å². The summed E-state index contributed by atoms with van der Waals surface area (Å²) >= 11 is 6.10. The molecule has 1 aromatic heterocycles. The number of ether oxygens (including phenoxy) is 1. The Morgan fingerprint density at radius 3 is 2.79 bits per heavy atom. The normalized spacial score (nSPS) is 20.5. The van der Waals surface area contributed by atoms with Crippen LogP contribution in [0.4, 0.5) is 5.69 Å². The molecule has 6 heteroatoms. The first-order chi connectivity index (χ1) is 9.24. The summed E-state index contributed by atoms with van der Waals surface area (Å²) < 4.78 is 6.85. The number of rotatable bonds is 4. The van der Waals surface area contributed by atoms with Gasteiger partial charge in [0.15, 0.2) is 0 Å². The SMILES string of the molecule is O=c1c(NC2CCOCC2)c(Cl)cnn1CC1CC1. The van der Waals surface area contributed by atoms with Crippen LogP contribution in [0.2, 0.25) is 5.02 Å². The fourth-order valence-electron chi connectivity index (χ4n) is 2.32. The molecule has 0 spiro atoms. The number of nitrogens with zero attached hydrogens (tertiary/aromatic N) is 2. The van der Waals surface area contributed by atoms with Crippen molar-refractivity contribution in [3.05, 3.63) is 21.6 Å². The second-order valence-electron chi connectivity index (χ2n) is 5.33. The van der Waals surface area contributed by atoms with Crippen LogP contribution in [0.25, 0.3) is 0 Å². The minimum atomic E-state index is -0.106. The average molecular weight is 284 g/mol. The van der Waals surface area contributed by atoms with Gasteiger partial charge in [0.2, 0.25) is 0 Å². The van der Waals surface area contributed by atoms with Gasteiger partial charge in [0.1, 0.15) is 5.69 Å². The molecule has 1 saturated heterocycles. The third-order valence-corrected chi connectivity index (χ3v) is 3.98. The summed E-state index contributed by atoms with van der Waals surface area (Å²) in [6.07, 6.45) is 5.76.